The minimum atomic E-state index is -0.323. The van der Waals surface area contributed by atoms with E-state index in [0.29, 0.717) is 18.0 Å². The van der Waals surface area contributed by atoms with E-state index in [9.17, 15) is 9.18 Å². The van der Waals surface area contributed by atoms with Crippen molar-refractivity contribution in [3.63, 3.8) is 0 Å². The fraction of sp³-hybridized carbons (Fsp3) is 0.533. The molecule has 104 valence electrons. The molecule has 1 saturated heterocycles. The van der Waals surface area contributed by atoms with Crippen molar-refractivity contribution in [2.75, 3.05) is 13.1 Å². The number of halogens is 1. The number of rotatable bonds is 3. The first-order valence-corrected chi connectivity index (χ1v) is 6.92. The third-order valence-electron chi connectivity index (χ3n) is 4.03. The lowest BCUT2D eigenvalue weighted by Gasteiger charge is -2.39. The molecule has 0 bridgehead atoms. The van der Waals surface area contributed by atoms with Crippen molar-refractivity contribution < 1.29 is 9.18 Å². The largest absolute Gasteiger partial charge is 0.334 e. The molecule has 1 aromatic carbocycles. The van der Waals surface area contributed by atoms with Crippen LogP contribution >= 0.6 is 0 Å². The van der Waals surface area contributed by atoms with Gasteiger partial charge in [0.1, 0.15) is 5.82 Å². The van der Waals surface area contributed by atoms with Crippen molar-refractivity contribution in [1.82, 2.24) is 4.90 Å². The van der Waals surface area contributed by atoms with Crippen molar-refractivity contribution >= 4 is 5.91 Å². The molecular weight excluding hydrogens is 243 g/mol. The van der Waals surface area contributed by atoms with Crippen molar-refractivity contribution in [2.24, 2.45) is 11.7 Å². The molecule has 2 rings (SSSR count). The summed E-state index contributed by atoms with van der Waals surface area (Å²) >= 11 is 0. The van der Waals surface area contributed by atoms with Gasteiger partial charge in [-0.3, -0.25) is 4.79 Å². The molecule has 2 N–H and O–H groups in total. The van der Waals surface area contributed by atoms with Gasteiger partial charge in [0.15, 0.2) is 0 Å². The smallest absolute Gasteiger partial charge is 0.254 e. The number of hydrogen-bond acceptors (Lipinski definition) is 2. The summed E-state index contributed by atoms with van der Waals surface area (Å²) in [7, 11) is 0. The molecule has 2 atom stereocenters. The van der Waals surface area contributed by atoms with E-state index < -0.39 is 0 Å². The molecule has 1 fully saturated rings. The van der Waals surface area contributed by atoms with Crippen molar-refractivity contribution in [2.45, 2.75) is 32.2 Å². The van der Waals surface area contributed by atoms with Crippen molar-refractivity contribution in [1.29, 1.82) is 0 Å². The summed E-state index contributed by atoms with van der Waals surface area (Å²) in [6, 6.07) is 5.83. The zero-order valence-corrected chi connectivity index (χ0v) is 11.3. The van der Waals surface area contributed by atoms with E-state index in [-0.39, 0.29) is 17.8 Å². The van der Waals surface area contributed by atoms with Crippen LogP contribution < -0.4 is 5.73 Å². The van der Waals surface area contributed by atoms with Gasteiger partial charge >= 0.3 is 0 Å². The van der Waals surface area contributed by atoms with Crippen LogP contribution in [0.25, 0.3) is 0 Å². The second-order valence-corrected chi connectivity index (χ2v) is 5.19. The lowest BCUT2D eigenvalue weighted by Crippen LogP contribution is -2.49. The first kappa shape index (κ1) is 14.0. The van der Waals surface area contributed by atoms with E-state index in [0.717, 1.165) is 25.8 Å². The quantitative estimate of drug-likeness (QED) is 0.911. The Labute approximate surface area is 113 Å². The zero-order chi connectivity index (χ0) is 13.8. The average Bonchev–Trinajstić information content (AvgIpc) is 2.46. The van der Waals surface area contributed by atoms with Crippen LogP contribution in [0.15, 0.2) is 24.3 Å². The van der Waals surface area contributed by atoms with E-state index in [1.165, 1.54) is 24.3 Å². The van der Waals surface area contributed by atoms with Gasteiger partial charge in [-0.2, -0.15) is 0 Å². The van der Waals surface area contributed by atoms with E-state index in [1.807, 2.05) is 4.90 Å². The van der Waals surface area contributed by atoms with E-state index in [4.69, 9.17) is 5.73 Å². The first-order valence-electron chi connectivity index (χ1n) is 6.92. The molecule has 0 radical (unpaired) electrons. The molecule has 1 heterocycles. The molecule has 0 spiro atoms. The van der Waals surface area contributed by atoms with Gasteiger partial charge in [-0.05, 0) is 43.0 Å². The van der Waals surface area contributed by atoms with Gasteiger partial charge in [-0.1, -0.05) is 13.3 Å². The van der Waals surface area contributed by atoms with Crippen LogP contribution in [0.4, 0.5) is 4.39 Å². The minimum Gasteiger partial charge on any atom is -0.334 e. The van der Waals surface area contributed by atoms with Gasteiger partial charge in [-0.15, -0.1) is 0 Å². The van der Waals surface area contributed by atoms with Crippen molar-refractivity contribution in [3.05, 3.63) is 35.6 Å². The number of carbonyl (C=O) groups excluding carboxylic acids is 1. The number of nitrogens with two attached hydrogens (primary N) is 1. The highest BCUT2D eigenvalue weighted by molar-refractivity contribution is 5.94. The van der Waals surface area contributed by atoms with E-state index in [1.54, 1.807) is 0 Å². The summed E-state index contributed by atoms with van der Waals surface area (Å²) < 4.78 is 12.9. The first-order chi connectivity index (χ1) is 9.15. The Morgan fingerprint density at radius 3 is 2.68 bits per heavy atom. The monoisotopic (exact) mass is 264 g/mol. The molecule has 2 unspecified atom stereocenters. The molecule has 3 nitrogen and oxygen atoms in total. The topological polar surface area (TPSA) is 46.3 Å². The molecule has 1 aliphatic rings. The second kappa shape index (κ2) is 6.15. The summed E-state index contributed by atoms with van der Waals surface area (Å²) in [5.74, 6) is 0.299. The van der Waals surface area contributed by atoms with Crippen molar-refractivity contribution in [3.8, 4) is 0 Å². The van der Waals surface area contributed by atoms with Gasteiger partial charge in [-0.25, -0.2) is 4.39 Å². The third-order valence-corrected chi connectivity index (χ3v) is 4.03. The van der Waals surface area contributed by atoms with Crippen LogP contribution in [-0.4, -0.2) is 29.9 Å². The number of piperidine rings is 1. The molecule has 19 heavy (non-hydrogen) atoms. The number of hydrogen-bond donors (Lipinski definition) is 1. The maximum atomic E-state index is 12.9. The molecule has 0 aromatic heterocycles. The Morgan fingerprint density at radius 2 is 2.11 bits per heavy atom. The van der Waals surface area contributed by atoms with Crippen LogP contribution in [0.5, 0.6) is 0 Å². The number of benzene rings is 1. The van der Waals surface area contributed by atoms with E-state index >= 15 is 0 Å². The van der Waals surface area contributed by atoms with E-state index in [2.05, 4.69) is 6.92 Å². The Kier molecular flexibility index (Phi) is 4.53. The Balaban J connectivity index is 2.11. The Hall–Kier alpha value is -1.42. The van der Waals surface area contributed by atoms with Gasteiger partial charge in [0.2, 0.25) is 0 Å². The standard InChI is InChI=1S/C15H21FN2O/c1-2-11-7-8-18(14(9-11)10-17)15(19)12-3-5-13(16)6-4-12/h3-6,11,14H,2,7-10,17H2,1H3. The average molecular weight is 264 g/mol. The highest BCUT2D eigenvalue weighted by atomic mass is 19.1. The maximum Gasteiger partial charge on any atom is 0.254 e. The van der Waals surface area contributed by atoms with Gasteiger partial charge in [0, 0.05) is 24.7 Å². The molecule has 0 aliphatic carbocycles. The second-order valence-electron chi connectivity index (χ2n) is 5.19. The van der Waals surface area contributed by atoms with Crippen LogP contribution in [0.3, 0.4) is 0 Å². The normalized spacial score (nSPS) is 23.4. The summed E-state index contributed by atoms with van der Waals surface area (Å²) in [6.07, 6.45) is 3.13. The summed E-state index contributed by atoms with van der Waals surface area (Å²) in [5, 5.41) is 0. The SMILES string of the molecule is CCC1CCN(C(=O)c2ccc(F)cc2)C(CN)C1. The number of nitrogens with zero attached hydrogens (tertiary/aromatic N) is 1. The fourth-order valence-corrected chi connectivity index (χ4v) is 2.75. The van der Waals surface area contributed by atoms with Gasteiger partial charge < -0.3 is 10.6 Å². The van der Waals surface area contributed by atoms with Crippen LogP contribution in [0, 0.1) is 11.7 Å². The lowest BCUT2D eigenvalue weighted by molar-refractivity contribution is 0.0558. The zero-order valence-electron chi connectivity index (χ0n) is 11.3. The highest BCUT2D eigenvalue weighted by Gasteiger charge is 2.30. The molecular formula is C15H21FN2O. The fourth-order valence-electron chi connectivity index (χ4n) is 2.75. The minimum absolute atomic E-state index is 0.0370. The van der Waals surface area contributed by atoms with Crippen LogP contribution in [-0.2, 0) is 0 Å². The number of carbonyl (C=O) groups is 1. The Morgan fingerprint density at radius 1 is 1.42 bits per heavy atom. The molecule has 0 saturated carbocycles. The third kappa shape index (κ3) is 3.13. The predicted octanol–water partition coefficient (Wildman–Crippen LogP) is 2.42. The van der Waals surface area contributed by atoms with Crippen LogP contribution in [0.1, 0.15) is 36.5 Å². The molecule has 4 heteroatoms. The van der Waals surface area contributed by atoms with Crippen LogP contribution in [0.2, 0.25) is 0 Å². The number of amides is 1. The summed E-state index contributed by atoms with van der Waals surface area (Å²) in [4.78, 5) is 14.3. The molecule has 1 aliphatic heterocycles. The predicted molar refractivity (Wildman–Crippen MR) is 73.3 cm³/mol. The summed E-state index contributed by atoms with van der Waals surface area (Å²) in [6.45, 7) is 3.41. The van der Waals surface area contributed by atoms with Gasteiger partial charge in [0.05, 0.1) is 0 Å². The maximum absolute atomic E-state index is 12.9. The highest BCUT2D eigenvalue weighted by Crippen LogP contribution is 2.26. The lowest BCUT2D eigenvalue weighted by atomic mass is 9.88. The molecule has 1 amide bonds. The Bertz CT molecular complexity index is 432. The summed E-state index contributed by atoms with van der Waals surface area (Å²) in [5.41, 5.74) is 6.33. The van der Waals surface area contributed by atoms with Gasteiger partial charge in [0.25, 0.3) is 5.91 Å². The number of likely N-dealkylation sites (tertiary alicyclic amines) is 1. The molecule has 1 aromatic rings.